The van der Waals surface area contributed by atoms with Gasteiger partial charge in [-0.2, -0.15) is 0 Å². The van der Waals surface area contributed by atoms with E-state index in [1.165, 1.54) is 43.2 Å². The minimum atomic E-state index is -2.48. The van der Waals surface area contributed by atoms with Gasteiger partial charge in [-0.1, -0.05) is 426 Å². The first kappa shape index (κ1) is 77.5. The van der Waals surface area contributed by atoms with Crippen LogP contribution in [0.1, 0.15) is 130 Å². The van der Waals surface area contributed by atoms with E-state index in [1.54, 1.807) is 5.19 Å². The highest BCUT2D eigenvalue weighted by Crippen LogP contribution is 2.50. The Balaban J connectivity index is 0.000000213. The smallest absolute Gasteiger partial charge is 0.197 e. The van der Waals surface area contributed by atoms with Gasteiger partial charge < -0.3 is 0 Å². The molecule has 0 bridgehead atoms. The summed E-state index contributed by atoms with van der Waals surface area (Å²) in [4.78, 5) is 0. The lowest BCUT2D eigenvalue weighted by molar-refractivity contribution is 0.409. The van der Waals surface area contributed by atoms with Gasteiger partial charge in [0.2, 0.25) is 0 Å². The van der Waals surface area contributed by atoms with Gasteiger partial charge in [-0.15, -0.1) is 0 Å². The summed E-state index contributed by atoms with van der Waals surface area (Å²) in [6.45, 7) is 53.9. The summed E-state index contributed by atoms with van der Waals surface area (Å²) in [7, 11) is -9.54. The van der Waals surface area contributed by atoms with Crippen LogP contribution in [-0.2, 0) is 0 Å². The van der Waals surface area contributed by atoms with Crippen LogP contribution >= 0.6 is 0 Å². The number of benzene rings is 9. The highest BCUT2D eigenvalue weighted by atomic mass is 28.3. The predicted octanol–water partition coefficient (Wildman–Crippen LogP) is 20.2. The summed E-state index contributed by atoms with van der Waals surface area (Å²) < 4.78 is 54.1. The van der Waals surface area contributed by atoms with Gasteiger partial charge >= 0.3 is 0 Å². The monoisotopic (exact) mass is 1340 g/mol. The molecule has 0 fully saturated rings. The van der Waals surface area contributed by atoms with Gasteiger partial charge in [-0.25, -0.2) is 17.6 Å². The van der Waals surface area contributed by atoms with Crippen molar-refractivity contribution in [3.8, 4) is 0 Å². The molecule has 496 valence electrons. The van der Waals surface area contributed by atoms with Crippen molar-refractivity contribution in [3.63, 3.8) is 0 Å². The van der Waals surface area contributed by atoms with Gasteiger partial charge in [0.15, 0.2) is 31.3 Å². The molecule has 9 heteroatoms. The molecular weight excluding hydrogens is 1230 g/mol. The molecule has 0 saturated carbocycles. The molecule has 0 aliphatic heterocycles. The summed E-state index contributed by atoms with van der Waals surface area (Å²) >= 11 is 0. The Hall–Kier alpha value is -6.22. The maximum absolute atomic E-state index is 14.0. The van der Waals surface area contributed by atoms with Crippen LogP contribution in [0.2, 0.25) is 63.0 Å². The summed E-state index contributed by atoms with van der Waals surface area (Å²) in [5.74, 6) is -5.96. The third kappa shape index (κ3) is 16.7. The molecule has 0 aliphatic rings. The molecule has 0 atom stereocenters. The Morgan fingerprint density at radius 2 is 0.452 bits per heavy atom. The van der Waals surface area contributed by atoms with Crippen molar-refractivity contribution in [1.29, 1.82) is 0 Å². The van der Waals surface area contributed by atoms with E-state index in [2.05, 4.69) is 366 Å². The first-order chi connectivity index (χ1) is 43.0. The zero-order chi connectivity index (χ0) is 69.9. The fraction of sp³-hybridized carbons (Fsp3) is 0.357. The van der Waals surface area contributed by atoms with Crippen molar-refractivity contribution >= 4 is 87.0 Å². The van der Waals surface area contributed by atoms with Crippen molar-refractivity contribution in [1.82, 2.24) is 0 Å². The maximum atomic E-state index is 14.0. The minimum absolute atomic E-state index is 0.0337. The molecule has 0 nitrogen and oxygen atoms in total. The molecule has 0 saturated heterocycles. The van der Waals surface area contributed by atoms with Crippen LogP contribution in [0.4, 0.5) is 17.6 Å². The van der Waals surface area contributed by atoms with Gasteiger partial charge in [-0.3, -0.25) is 0 Å². The Kier molecular flexibility index (Phi) is 25.6. The minimum Gasteiger partial charge on any atom is -0.204 e. The first-order valence-corrected chi connectivity index (χ1v) is 45.8. The van der Waals surface area contributed by atoms with E-state index in [0.29, 0.717) is 10.1 Å². The summed E-state index contributed by atoms with van der Waals surface area (Å²) in [5.41, 5.74) is -0.113. The van der Waals surface area contributed by atoms with E-state index in [-0.39, 0.29) is 30.9 Å². The van der Waals surface area contributed by atoms with Crippen molar-refractivity contribution in [3.05, 3.63) is 271 Å². The van der Waals surface area contributed by atoms with Gasteiger partial charge in [0.1, 0.15) is 16.1 Å². The molecule has 0 radical (unpaired) electrons. The van der Waals surface area contributed by atoms with Crippen molar-refractivity contribution < 1.29 is 17.6 Å². The van der Waals surface area contributed by atoms with E-state index >= 15 is 0 Å². The quantitative estimate of drug-likeness (QED) is 0.0444. The molecule has 0 heterocycles. The molecule has 0 aromatic heterocycles. The van der Waals surface area contributed by atoms with E-state index in [9.17, 15) is 17.6 Å². The fourth-order valence-electron chi connectivity index (χ4n) is 14.0. The number of hydrogen-bond donors (Lipinski definition) is 0. The van der Waals surface area contributed by atoms with Crippen molar-refractivity contribution in [2.45, 2.75) is 195 Å². The number of hydrogen-bond acceptors (Lipinski definition) is 0. The van der Waals surface area contributed by atoms with Crippen LogP contribution in [0.3, 0.4) is 0 Å². The van der Waals surface area contributed by atoms with Gasteiger partial charge in [0.25, 0.3) is 0 Å². The Morgan fingerprint density at radius 3 is 0.677 bits per heavy atom. The SMILES string of the molecule is CC(C)(C)[Si](C)(C)c1ccccc1.CC(C)(C)[Si](C)(c1ccccc1)c1ccccc1.CC(C)(C)[Si](c1ccccc1)(c1ccccc1)C(C)(C)C.CC(C)(C)[Si](c1ccccc1)(c1ccccc1)c1ccccc1.Cc1c(F)c(F)c(F)c(F)c1[Si](C)(C)C(C)(C)C. The third-order valence-electron chi connectivity index (χ3n) is 21.0. The highest BCUT2D eigenvalue weighted by molar-refractivity contribution is 7.13. The van der Waals surface area contributed by atoms with Crippen LogP contribution in [0.15, 0.2) is 243 Å². The average Bonchev–Trinajstić information content (AvgIpc) is 0.741. The van der Waals surface area contributed by atoms with Crippen LogP contribution in [-0.4, -0.2) is 40.4 Å². The molecule has 9 aromatic carbocycles. The maximum Gasteiger partial charge on any atom is 0.197 e. The second kappa shape index (κ2) is 30.7. The molecule has 9 rings (SSSR count). The molecule has 0 N–H and O–H groups in total. The third-order valence-corrected chi connectivity index (χ3v) is 50.8. The number of rotatable bonds is 9. The predicted molar refractivity (Wildman–Crippen MR) is 416 cm³/mol. The molecule has 9 aromatic rings. The van der Waals surface area contributed by atoms with Crippen LogP contribution in [0.5, 0.6) is 0 Å². The molecular formula is C84H112F4Si5. The zero-order valence-electron chi connectivity index (χ0n) is 61.1. The summed E-state index contributed by atoms with van der Waals surface area (Å²) in [6, 6.07) is 88.7. The van der Waals surface area contributed by atoms with E-state index in [1.807, 2.05) is 33.9 Å². The lowest BCUT2D eigenvalue weighted by Gasteiger charge is -2.52. The Morgan fingerprint density at radius 1 is 0.226 bits per heavy atom. The highest BCUT2D eigenvalue weighted by Gasteiger charge is 2.55. The lowest BCUT2D eigenvalue weighted by Crippen LogP contribution is -2.72. The Labute approximate surface area is 566 Å². The Bertz CT molecular complexity index is 3490. The molecule has 0 unspecified atom stereocenters. The van der Waals surface area contributed by atoms with Crippen LogP contribution in [0, 0.1) is 30.2 Å². The molecule has 0 amide bonds. The molecule has 93 heavy (non-hydrogen) atoms. The second-order valence-corrected chi connectivity index (χ2v) is 58.4. The van der Waals surface area contributed by atoms with Crippen molar-refractivity contribution in [2.24, 2.45) is 0 Å². The van der Waals surface area contributed by atoms with Gasteiger partial charge in [0, 0.05) is 0 Å². The second-order valence-electron chi connectivity index (χ2n) is 32.6. The van der Waals surface area contributed by atoms with Crippen LogP contribution in [0.25, 0.3) is 0 Å². The normalized spacial score (nSPS) is 12.7. The molecule has 0 spiro atoms. The zero-order valence-corrected chi connectivity index (χ0v) is 66.1. The summed E-state index contributed by atoms with van der Waals surface area (Å²) in [5, 5.41) is 13.2. The van der Waals surface area contributed by atoms with Gasteiger partial charge in [-0.05, 0) is 63.5 Å². The standard InChI is InChI=1S/C22H24Si.C20H28Si.C17H22Si.C13H18F4Si.C12H20Si/c1-22(2,3)23(19-13-7-4-8-14-19,20-15-9-5-10-16-20)21-17-11-6-12-18-21;1-19(2,3)21(20(4,5)6,17-13-9-7-10-14-17)18-15-11-8-12-16-18;1-17(2,3)18(4,15-11-7-5-8-12-15)16-13-9-6-10-14-16;1-7-8(14)9(15)10(16)11(17)12(7)18(5,6)13(2,3)4;1-12(2,3)13(4,5)11-9-7-6-8-10-11/h4-18H,1-3H3;7-16H,1-6H3;5-14H,1-4H3;1-6H3;6-10H,1-5H3. The summed E-state index contributed by atoms with van der Waals surface area (Å²) in [6.07, 6.45) is 0. The van der Waals surface area contributed by atoms with E-state index in [0.717, 1.165) is 0 Å². The number of halogens is 4. The van der Waals surface area contributed by atoms with E-state index < -0.39 is 63.6 Å². The largest absolute Gasteiger partial charge is 0.204 e. The lowest BCUT2D eigenvalue weighted by atomic mass is 10.2. The van der Waals surface area contributed by atoms with Gasteiger partial charge in [0.05, 0.1) is 16.1 Å². The fourth-order valence-corrected chi connectivity index (χ4v) is 35.2. The van der Waals surface area contributed by atoms with E-state index in [4.69, 9.17) is 0 Å². The van der Waals surface area contributed by atoms with Crippen molar-refractivity contribution in [2.75, 3.05) is 0 Å². The topological polar surface area (TPSA) is 0 Å². The first-order valence-electron chi connectivity index (χ1n) is 33.3. The average molecular weight is 1340 g/mol. The van der Waals surface area contributed by atoms with Crippen LogP contribution < -0.4 is 46.7 Å². The molecule has 0 aliphatic carbocycles.